The molecule has 0 bridgehead atoms. The summed E-state index contributed by atoms with van der Waals surface area (Å²) in [6.45, 7) is 6.18. The predicted molar refractivity (Wildman–Crippen MR) is 131 cm³/mol. The monoisotopic (exact) mass is 635 g/mol. The number of alkyl halides is 2. The maximum atomic E-state index is 13.6. The lowest BCUT2D eigenvalue weighted by Crippen LogP contribution is -2.62. The highest BCUT2D eigenvalue weighted by molar-refractivity contribution is 14.2. The number of hydrogen-bond acceptors (Lipinski definition) is 5. The second kappa shape index (κ2) is 6.85. The number of carbonyl (C=O) groups is 2. The number of hydrogen-bond donors (Lipinski definition) is 1. The van der Waals surface area contributed by atoms with Crippen molar-refractivity contribution in [1.82, 2.24) is 0 Å². The summed E-state index contributed by atoms with van der Waals surface area (Å²) in [6.07, 6.45) is 7.79. The number of Topliss-reactive ketones (excluding diaryl/α,β-unsaturated/α-hetero) is 1. The molecular weight excluding hydrogens is 608 g/mol. The number of aliphatic imine (C=N–C) groups is 1. The van der Waals surface area contributed by atoms with Crippen LogP contribution in [0.5, 0.6) is 0 Å². The molecule has 1 aliphatic heterocycles. The summed E-state index contributed by atoms with van der Waals surface area (Å²) in [5.41, 5.74) is -0.502. The minimum absolute atomic E-state index is 0.0457. The zero-order valence-electron chi connectivity index (χ0n) is 17.4. The molecule has 3 saturated carbocycles. The molecular formula is C23H27I2NO4. The second-order valence-electron chi connectivity index (χ2n) is 10.1. The summed E-state index contributed by atoms with van der Waals surface area (Å²) in [4.78, 5) is 30.5. The smallest absolute Gasteiger partial charge is 0.187 e. The first-order chi connectivity index (χ1) is 14.0. The zero-order valence-corrected chi connectivity index (χ0v) is 21.7. The summed E-state index contributed by atoms with van der Waals surface area (Å²) in [6, 6.07) is 0. The van der Waals surface area contributed by atoms with E-state index in [9.17, 15) is 14.7 Å². The summed E-state index contributed by atoms with van der Waals surface area (Å²) in [5.74, 6) is 1.33. The van der Waals surface area contributed by atoms with Gasteiger partial charge in [0.2, 0.25) is 0 Å². The van der Waals surface area contributed by atoms with Gasteiger partial charge in [0.05, 0.1) is 6.10 Å². The highest BCUT2D eigenvalue weighted by atomic mass is 127. The summed E-state index contributed by atoms with van der Waals surface area (Å²) >= 11 is 4.36. The van der Waals surface area contributed by atoms with Crippen molar-refractivity contribution >= 4 is 62.6 Å². The Bertz CT molecular complexity index is 926. The molecule has 7 heteroatoms. The van der Waals surface area contributed by atoms with Crippen molar-refractivity contribution in [2.75, 3.05) is 0 Å². The lowest BCUT2D eigenvalue weighted by atomic mass is 9.46. The van der Waals surface area contributed by atoms with Gasteiger partial charge in [-0.1, -0.05) is 70.7 Å². The van der Waals surface area contributed by atoms with Gasteiger partial charge in [-0.3, -0.25) is 9.59 Å². The number of nitrogens with zero attached hydrogens (tertiary/aromatic N) is 1. The third kappa shape index (κ3) is 2.57. The van der Waals surface area contributed by atoms with Crippen molar-refractivity contribution in [3.8, 4) is 0 Å². The molecule has 0 aromatic heterocycles. The van der Waals surface area contributed by atoms with Crippen molar-refractivity contribution in [2.45, 2.75) is 66.1 Å². The Morgan fingerprint density at radius 2 is 2.10 bits per heavy atom. The fourth-order valence-corrected chi connectivity index (χ4v) is 8.74. The van der Waals surface area contributed by atoms with E-state index in [0.29, 0.717) is 12.3 Å². The van der Waals surface area contributed by atoms with Gasteiger partial charge in [-0.05, 0) is 49.7 Å². The minimum Gasteiger partial charge on any atom is -0.475 e. The van der Waals surface area contributed by atoms with Crippen LogP contribution in [0.4, 0.5) is 0 Å². The number of rotatable bonds is 2. The fraction of sp³-hybridized carbons (Fsp3) is 0.696. The van der Waals surface area contributed by atoms with Gasteiger partial charge in [-0.15, -0.1) is 0 Å². The first kappa shape index (κ1) is 21.6. The van der Waals surface area contributed by atoms with Gasteiger partial charge in [0.15, 0.2) is 23.0 Å². The molecule has 162 valence electrons. The van der Waals surface area contributed by atoms with Crippen LogP contribution in [0.15, 0.2) is 28.8 Å². The lowest BCUT2D eigenvalue weighted by Gasteiger charge is -2.59. The average Bonchev–Trinajstić information content (AvgIpc) is 3.12. The molecule has 3 fully saturated rings. The minimum atomic E-state index is -0.907. The lowest BCUT2D eigenvalue weighted by molar-refractivity contribution is -0.141. The number of fused-ring (bicyclic) bond motifs is 7. The number of halogens is 2. The molecule has 0 radical (unpaired) electrons. The molecule has 1 N–H and O–H groups in total. The zero-order chi connectivity index (χ0) is 21.6. The van der Waals surface area contributed by atoms with E-state index in [1.165, 1.54) is 0 Å². The first-order valence-corrected chi connectivity index (χ1v) is 13.2. The molecule has 30 heavy (non-hydrogen) atoms. The Kier molecular flexibility index (Phi) is 4.92. The Morgan fingerprint density at radius 1 is 1.37 bits per heavy atom. The van der Waals surface area contributed by atoms with Crippen molar-refractivity contribution < 1.29 is 19.4 Å². The molecule has 0 spiro atoms. The fourth-order valence-electron chi connectivity index (χ4n) is 7.79. The number of aliphatic hydroxyl groups is 1. The normalized spacial score (nSPS) is 48.9. The van der Waals surface area contributed by atoms with Crippen molar-refractivity contribution in [2.24, 2.45) is 33.6 Å². The molecule has 5 nitrogen and oxygen atoms in total. The van der Waals surface area contributed by atoms with Crippen LogP contribution in [-0.4, -0.2) is 42.2 Å². The summed E-state index contributed by atoms with van der Waals surface area (Å²) in [5, 5.41) is 11.6. The van der Waals surface area contributed by atoms with E-state index in [-0.39, 0.29) is 42.8 Å². The van der Waals surface area contributed by atoms with E-state index < -0.39 is 17.1 Å². The third-order valence-electron chi connectivity index (χ3n) is 8.91. The number of aliphatic hydroxyl groups excluding tert-OH is 1. The molecule has 0 unspecified atom stereocenters. The largest absolute Gasteiger partial charge is 0.475 e. The molecule has 5 aliphatic rings. The molecule has 0 aromatic carbocycles. The Balaban J connectivity index is 1.61. The maximum absolute atomic E-state index is 13.6. The molecule has 4 aliphatic carbocycles. The van der Waals surface area contributed by atoms with Crippen LogP contribution in [0.2, 0.25) is 0 Å². The van der Waals surface area contributed by atoms with Crippen LogP contribution >= 0.6 is 45.2 Å². The van der Waals surface area contributed by atoms with Crippen LogP contribution in [0.25, 0.3) is 0 Å². The third-order valence-corrected chi connectivity index (χ3v) is 10.0. The summed E-state index contributed by atoms with van der Waals surface area (Å²) in [7, 11) is 0. The Hall–Kier alpha value is -0.290. The van der Waals surface area contributed by atoms with Gasteiger partial charge >= 0.3 is 0 Å². The molecule has 0 saturated heterocycles. The molecule has 0 amide bonds. The summed E-state index contributed by atoms with van der Waals surface area (Å²) < 4.78 is 5.95. The van der Waals surface area contributed by atoms with Crippen LogP contribution in [0.1, 0.15) is 46.5 Å². The number of ether oxygens (including phenoxy) is 1. The Morgan fingerprint density at radius 3 is 2.80 bits per heavy atom. The van der Waals surface area contributed by atoms with Gasteiger partial charge in [0.25, 0.3) is 0 Å². The van der Waals surface area contributed by atoms with Crippen molar-refractivity contribution in [3.05, 3.63) is 23.8 Å². The van der Waals surface area contributed by atoms with Gasteiger partial charge in [-0.2, -0.15) is 0 Å². The SMILES string of the molecule is CC1=N[C@]2(C(=O)C(I)I)[C@@H](C[C@H]3[C@@H]4CCC5=CC(=O)C=C[C@]5(C)[C@H]4[C@@H](O)C[C@@]32C)O1. The topological polar surface area (TPSA) is 76.0 Å². The molecule has 5 rings (SSSR count). The van der Waals surface area contributed by atoms with Gasteiger partial charge < -0.3 is 9.84 Å². The number of allylic oxidation sites excluding steroid dienone is 4. The maximum Gasteiger partial charge on any atom is 0.187 e. The van der Waals surface area contributed by atoms with E-state index in [2.05, 4.69) is 59.0 Å². The number of carbonyl (C=O) groups excluding carboxylic acids is 2. The van der Waals surface area contributed by atoms with Crippen molar-refractivity contribution in [3.63, 3.8) is 0 Å². The number of ketones is 2. The van der Waals surface area contributed by atoms with Crippen LogP contribution in [0, 0.1) is 28.6 Å². The average molecular weight is 635 g/mol. The highest BCUT2D eigenvalue weighted by Gasteiger charge is 2.75. The quantitative estimate of drug-likeness (QED) is 0.365. The van der Waals surface area contributed by atoms with E-state index in [1.807, 2.05) is 13.0 Å². The molecule has 0 aromatic rings. The highest BCUT2D eigenvalue weighted by Crippen LogP contribution is 2.69. The van der Waals surface area contributed by atoms with Crippen molar-refractivity contribution in [1.29, 1.82) is 0 Å². The molecule has 1 heterocycles. The van der Waals surface area contributed by atoms with E-state index in [1.54, 1.807) is 12.2 Å². The Labute approximate surface area is 204 Å². The predicted octanol–water partition coefficient (Wildman–Crippen LogP) is 4.20. The van der Waals surface area contributed by atoms with Crippen LogP contribution in [-0.2, 0) is 14.3 Å². The second-order valence-corrected chi connectivity index (χ2v) is 15.0. The van der Waals surface area contributed by atoms with E-state index in [4.69, 9.17) is 9.73 Å². The van der Waals surface area contributed by atoms with Gasteiger partial charge in [-0.25, -0.2) is 4.99 Å². The van der Waals surface area contributed by atoms with Crippen LogP contribution < -0.4 is 0 Å². The van der Waals surface area contributed by atoms with E-state index in [0.717, 1.165) is 24.8 Å². The van der Waals surface area contributed by atoms with Gasteiger partial charge in [0.1, 0.15) is 8.04 Å². The molecule has 8 atom stereocenters. The van der Waals surface area contributed by atoms with Gasteiger partial charge in [0, 0.05) is 23.7 Å². The van der Waals surface area contributed by atoms with E-state index >= 15 is 0 Å². The standard InChI is InChI=1S/C23H27I2NO4/c1-11-26-23(19(29)20(24)25)17(30-11)9-15-14-5-4-12-8-13(27)6-7-21(12,2)18(14)16(28)10-22(15,23)3/h6-8,14-18,20,28H,4-5,9-10H2,1-3H3/t14-,15-,16-,17+,18+,21-,22-,23-/m0/s1. The first-order valence-electron chi connectivity index (χ1n) is 10.7. The van der Waals surface area contributed by atoms with Crippen LogP contribution in [0.3, 0.4) is 0 Å².